The van der Waals surface area contributed by atoms with E-state index in [1.807, 2.05) is 6.92 Å². The Morgan fingerprint density at radius 3 is 2.35 bits per heavy atom. The summed E-state index contributed by atoms with van der Waals surface area (Å²) in [6.45, 7) is 3.50. The molecule has 0 aromatic rings. The topological polar surface area (TPSA) is 44.4 Å². The largest absolute Gasteiger partial charge is 0.405 e. The van der Waals surface area contributed by atoms with E-state index in [2.05, 4.69) is 10.6 Å². The van der Waals surface area contributed by atoms with Crippen molar-refractivity contribution in [3.63, 3.8) is 0 Å². The fourth-order valence-electron chi connectivity index (χ4n) is 3.50. The van der Waals surface area contributed by atoms with Gasteiger partial charge in [-0.05, 0) is 19.3 Å². The second-order valence-corrected chi connectivity index (χ2v) is 6.44. The Hall–Kier alpha value is -0.530. The zero-order chi connectivity index (χ0) is 16.2. The maximum atomic E-state index is 13.3. The number of hydrogen-bond acceptors (Lipinski definition) is 3. The number of alkyl halides is 3. The number of nitrogens with zero attached hydrogens (tertiary/aromatic N) is 1. The Morgan fingerprint density at radius 1 is 1.30 bits per heavy atom. The fraction of sp³-hybridized carbons (Fsp3) is 0.933. The van der Waals surface area contributed by atoms with Crippen LogP contribution in [0.2, 0.25) is 0 Å². The molecule has 0 aromatic carbocycles. The number of hydrogen-bond donors (Lipinski definition) is 2. The van der Waals surface area contributed by atoms with Crippen LogP contribution in [0.4, 0.5) is 13.2 Å². The monoisotopic (exact) mass is 357 g/mol. The van der Waals surface area contributed by atoms with Gasteiger partial charge in [-0.2, -0.15) is 13.2 Å². The predicted molar refractivity (Wildman–Crippen MR) is 85.7 cm³/mol. The highest BCUT2D eigenvalue weighted by Gasteiger charge is 2.46. The van der Waals surface area contributed by atoms with E-state index in [4.69, 9.17) is 0 Å². The summed E-state index contributed by atoms with van der Waals surface area (Å²) in [5.74, 6) is -0.190. The number of amides is 1. The predicted octanol–water partition coefficient (Wildman–Crippen LogP) is 2.33. The number of rotatable bonds is 6. The summed E-state index contributed by atoms with van der Waals surface area (Å²) in [7, 11) is 0. The van der Waals surface area contributed by atoms with Crippen molar-refractivity contribution in [2.45, 2.75) is 51.2 Å². The summed E-state index contributed by atoms with van der Waals surface area (Å²) in [6.07, 6.45) is -0.0683. The first-order valence-corrected chi connectivity index (χ1v) is 8.19. The van der Waals surface area contributed by atoms with Crippen molar-refractivity contribution in [2.75, 3.05) is 32.7 Å². The summed E-state index contributed by atoms with van der Waals surface area (Å²) in [6, 6.07) is -1.59. The molecule has 1 atom stereocenters. The molecule has 1 amide bonds. The Balaban J connectivity index is 0.00000264. The zero-order valence-corrected chi connectivity index (χ0v) is 14.4. The summed E-state index contributed by atoms with van der Waals surface area (Å²) >= 11 is 0. The third-order valence-electron chi connectivity index (χ3n) is 4.95. The SMILES string of the molecule is CCCC1(C(=O)NCC(N2CCNCC2)C(F)(F)F)CCC1.Cl. The quantitative estimate of drug-likeness (QED) is 0.767. The van der Waals surface area contributed by atoms with Crippen molar-refractivity contribution >= 4 is 18.3 Å². The number of carbonyl (C=O) groups excluding carboxylic acids is 1. The lowest BCUT2D eigenvalue weighted by molar-refractivity contribution is -0.184. The van der Waals surface area contributed by atoms with Gasteiger partial charge in [0.05, 0.1) is 0 Å². The van der Waals surface area contributed by atoms with Gasteiger partial charge in [0.25, 0.3) is 0 Å². The van der Waals surface area contributed by atoms with Gasteiger partial charge in [-0.15, -0.1) is 12.4 Å². The lowest BCUT2D eigenvalue weighted by Crippen LogP contribution is -2.58. The van der Waals surface area contributed by atoms with Gasteiger partial charge >= 0.3 is 6.18 Å². The molecule has 0 spiro atoms. The van der Waals surface area contributed by atoms with E-state index in [1.165, 1.54) is 4.90 Å². The van der Waals surface area contributed by atoms with E-state index in [0.717, 1.165) is 32.1 Å². The Bertz CT molecular complexity index is 383. The van der Waals surface area contributed by atoms with Gasteiger partial charge in [-0.25, -0.2) is 0 Å². The standard InChI is InChI=1S/C15H26F3N3O.ClH/c1-2-4-14(5-3-6-14)13(22)20-11-12(15(16,17)18)21-9-7-19-8-10-21;/h12,19H,2-11H2,1H3,(H,20,22);1H. The van der Waals surface area contributed by atoms with Crippen molar-refractivity contribution < 1.29 is 18.0 Å². The number of carbonyl (C=O) groups is 1. The van der Waals surface area contributed by atoms with Gasteiger partial charge in [-0.3, -0.25) is 9.69 Å². The van der Waals surface area contributed by atoms with Crippen LogP contribution in [-0.2, 0) is 4.79 Å². The molecule has 1 unspecified atom stereocenters. The third kappa shape index (κ3) is 4.97. The van der Waals surface area contributed by atoms with Crippen LogP contribution in [0.15, 0.2) is 0 Å². The molecule has 0 bridgehead atoms. The van der Waals surface area contributed by atoms with Gasteiger partial charge in [0.15, 0.2) is 0 Å². The van der Waals surface area contributed by atoms with Crippen molar-refractivity contribution in [1.29, 1.82) is 0 Å². The van der Waals surface area contributed by atoms with Gasteiger partial charge < -0.3 is 10.6 Å². The normalized spacial score (nSPS) is 22.6. The van der Waals surface area contributed by atoms with Crippen LogP contribution in [0, 0.1) is 5.41 Å². The molecule has 1 saturated heterocycles. The van der Waals surface area contributed by atoms with Crippen molar-refractivity contribution in [3.05, 3.63) is 0 Å². The molecule has 2 aliphatic rings. The average molecular weight is 358 g/mol. The molecule has 2 N–H and O–H groups in total. The van der Waals surface area contributed by atoms with Crippen LogP contribution in [0.1, 0.15) is 39.0 Å². The maximum Gasteiger partial charge on any atom is 0.405 e. The molecule has 8 heteroatoms. The van der Waals surface area contributed by atoms with Crippen LogP contribution >= 0.6 is 12.4 Å². The number of nitrogens with one attached hydrogen (secondary N) is 2. The van der Waals surface area contributed by atoms with Gasteiger partial charge in [0.2, 0.25) is 5.91 Å². The van der Waals surface area contributed by atoms with Crippen molar-refractivity contribution in [1.82, 2.24) is 15.5 Å². The minimum Gasteiger partial charge on any atom is -0.354 e. The van der Waals surface area contributed by atoms with Crippen molar-refractivity contribution in [2.24, 2.45) is 5.41 Å². The van der Waals surface area contributed by atoms with Crippen LogP contribution in [0.5, 0.6) is 0 Å². The highest BCUT2D eigenvalue weighted by atomic mass is 35.5. The average Bonchev–Trinajstić information content (AvgIpc) is 2.42. The van der Waals surface area contributed by atoms with Crippen LogP contribution in [0.25, 0.3) is 0 Å². The number of piperazine rings is 1. The van der Waals surface area contributed by atoms with E-state index in [1.54, 1.807) is 0 Å². The van der Waals surface area contributed by atoms with Crippen LogP contribution in [-0.4, -0.2) is 55.7 Å². The number of halogens is 4. The van der Waals surface area contributed by atoms with Gasteiger partial charge in [0, 0.05) is 38.1 Å². The Morgan fingerprint density at radius 2 is 1.91 bits per heavy atom. The molecule has 1 aliphatic carbocycles. The van der Waals surface area contributed by atoms with Gasteiger partial charge in [0.1, 0.15) is 6.04 Å². The molecule has 0 aromatic heterocycles. The van der Waals surface area contributed by atoms with Crippen LogP contribution < -0.4 is 10.6 Å². The van der Waals surface area contributed by atoms with Gasteiger partial charge in [-0.1, -0.05) is 19.8 Å². The molecular formula is C15H27ClF3N3O. The molecule has 0 radical (unpaired) electrons. The highest BCUT2D eigenvalue weighted by Crippen LogP contribution is 2.45. The van der Waals surface area contributed by atoms with E-state index in [-0.39, 0.29) is 24.9 Å². The first-order chi connectivity index (χ1) is 10.4. The lowest BCUT2D eigenvalue weighted by atomic mass is 9.65. The van der Waals surface area contributed by atoms with E-state index in [9.17, 15) is 18.0 Å². The van der Waals surface area contributed by atoms with Crippen LogP contribution in [0.3, 0.4) is 0 Å². The minimum absolute atomic E-state index is 0. The smallest absolute Gasteiger partial charge is 0.354 e. The first-order valence-electron chi connectivity index (χ1n) is 8.19. The molecule has 2 fully saturated rings. The molecule has 2 rings (SSSR count). The third-order valence-corrected chi connectivity index (χ3v) is 4.95. The second-order valence-electron chi connectivity index (χ2n) is 6.44. The van der Waals surface area contributed by atoms with E-state index in [0.29, 0.717) is 26.2 Å². The summed E-state index contributed by atoms with van der Waals surface area (Å²) in [5, 5.41) is 5.64. The Kier molecular flexibility index (Phi) is 7.61. The molecule has 136 valence electrons. The zero-order valence-electron chi connectivity index (χ0n) is 13.5. The van der Waals surface area contributed by atoms with Crippen molar-refractivity contribution in [3.8, 4) is 0 Å². The molecule has 1 aliphatic heterocycles. The minimum atomic E-state index is -4.32. The molecular weight excluding hydrogens is 331 g/mol. The highest BCUT2D eigenvalue weighted by molar-refractivity contribution is 5.85. The molecule has 4 nitrogen and oxygen atoms in total. The lowest BCUT2D eigenvalue weighted by Gasteiger charge is -2.41. The molecule has 23 heavy (non-hydrogen) atoms. The van der Waals surface area contributed by atoms with E-state index < -0.39 is 17.6 Å². The molecule has 1 heterocycles. The Labute approximate surface area is 142 Å². The summed E-state index contributed by atoms with van der Waals surface area (Å²) < 4.78 is 39.8. The second kappa shape index (κ2) is 8.53. The first kappa shape index (κ1) is 20.5. The fourth-order valence-corrected chi connectivity index (χ4v) is 3.50. The maximum absolute atomic E-state index is 13.3. The summed E-state index contributed by atoms with van der Waals surface area (Å²) in [4.78, 5) is 13.8. The molecule has 1 saturated carbocycles. The summed E-state index contributed by atoms with van der Waals surface area (Å²) in [5.41, 5.74) is -0.408. The van der Waals surface area contributed by atoms with E-state index >= 15 is 0 Å².